The van der Waals surface area contributed by atoms with E-state index in [0.29, 0.717) is 5.56 Å². The van der Waals surface area contributed by atoms with E-state index < -0.39 is 0 Å². The number of aromatic nitrogens is 2. The molecule has 2 aromatic carbocycles. The molecule has 6 heteroatoms. The quantitative estimate of drug-likeness (QED) is 0.262. The second-order valence-electron chi connectivity index (χ2n) is 5.57. The number of hydrogen-bond acceptors (Lipinski definition) is 4. The van der Waals surface area contributed by atoms with Crippen molar-refractivity contribution in [2.75, 3.05) is 0 Å². The van der Waals surface area contributed by atoms with Crippen LogP contribution in [0.4, 0.5) is 0 Å². The monoisotopic (exact) mass is 329 g/mol. The number of rotatable bonds is 3. The fourth-order valence-electron chi connectivity index (χ4n) is 2.94. The van der Waals surface area contributed by atoms with Crippen molar-refractivity contribution in [2.45, 2.75) is 0 Å². The summed E-state index contributed by atoms with van der Waals surface area (Å²) < 4.78 is 1.96. The highest BCUT2D eigenvalue weighted by molar-refractivity contribution is 6.10. The second-order valence-corrected chi connectivity index (χ2v) is 5.57. The van der Waals surface area contributed by atoms with Crippen LogP contribution in [-0.2, 0) is 0 Å². The molecule has 25 heavy (non-hydrogen) atoms. The average Bonchev–Trinajstić information content (AvgIpc) is 3.05. The van der Waals surface area contributed by atoms with Gasteiger partial charge in [0.05, 0.1) is 28.5 Å². The molecule has 3 N–H and O–H groups in total. The van der Waals surface area contributed by atoms with Crippen LogP contribution in [0.5, 0.6) is 0 Å². The lowest BCUT2D eigenvalue weighted by molar-refractivity contribution is 0.0980. The van der Waals surface area contributed by atoms with Crippen molar-refractivity contribution in [2.24, 2.45) is 10.9 Å². The van der Waals surface area contributed by atoms with Gasteiger partial charge in [0.25, 0.3) is 5.91 Å². The number of fused-ring (bicyclic) bond motifs is 2. The zero-order valence-corrected chi connectivity index (χ0v) is 13.3. The standard InChI is InChI=1S/C19H15N5O/c20-23-12-22-19(25)16-11-24(18-8-4-2-6-15(16)18)14-9-13-5-1-3-7-17(13)21-10-14/h1-12H,20H2,(H,22,23,25). The molecule has 0 spiro atoms. The van der Waals surface area contributed by atoms with E-state index in [0.717, 1.165) is 27.5 Å². The number of carbonyl (C=O) groups is 1. The molecule has 0 unspecified atom stereocenters. The lowest BCUT2D eigenvalue weighted by Gasteiger charge is -2.06. The molecule has 0 aliphatic carbocycles. The predicted octanol–water partition coefficient (Wildman–Crippen LogP) is 2.81. The van der Waals surface area contributed by atoms with Gasteiger partial charge in [-0.15, -0.1) is 0 Å². The van der Waals surface area contributed by atoms with E-state index in [2.05, 4.69) is 21.5 Å². The van der Waals surface area contributed by atoms with Crippen LogP contribution in [0.1, 0.15) is 10.4 Å². The smallest absolute Gasteiger partial charge is 0.258 e. The molecular formula is C19H15N5O. The van der Waals surface area contributed by atoms with Gasteiger partial charge in [-0.2, -0.15) is 5.10 Å². The Labute approximate surface area is 143 Å². The number of benzene rings is 2. The molecule has 2 heterocycles. The molecule has 2 aromatic heterocycles. The lowest BCUT2D eigenvalue weighted by Crippen LogP contribution is -2.21. The Morgan fingerprint density at radius 2 is 1.96 bits per heavy atom. The van der Waals surface area contributed by atoms with Gasteiger partial charge in [0.15, 0.2) is 0 Å². The zero-order valence-electron chi connectivity index (χ0n) is 13.3. The van der Waals surface area contributed by atoms with Crippen molar-refractivity contribution in [3.8, 4) is 5.69 Å². The van der Waals surface area contributed by atoms with Crippen molar-refractivity contribution < 1.29 is 4.79 Å². The first-order valence-electron chi connectivity index (χ1n) is 7.76. The van der Waals surface area contributed by atoms with E-state index in [1.54, 1.807) is 12.4 Å². The largest absolute Gasteiger partial charge is 0.322 e. The normalized spacial score (nSPS) is 11.4. The molecule has 0 bridgehead atoms. The molecule has 0 atom stereocenters. The Morgan fingerprint density at radius 3 is 2.84 bits per heavy atom. The van der Waals surface area contributed by atoms with Crippen LogP contribution in [0, 0.1) is 0 Å². The SMILES string of the molecule is N/N=C/NC(=O)c1cn(-c2cnc3ccccc3c2)c2ccccc12. The molecule has 0 fully saturated rings. The van der Waals surface area contributed by atoms with Gasteiger partial charge >= 0.3 is 0 Å². The fourth-order valence-corrected chi connectivity index (χ4v) is 2.94. The molecular weight excluding hydrogens is 314 g/mol. The summed E-state index contributed by atoms with van der Waals surface area (Å²) in [5, 5.41) is 7.74. The zero-order chi connectivity index (χ0) is 17.2. The van der Waals surface area contributed by atoms with Crippen LogP contribution in [0.3, 0.4) is 0 Å². The first kappa shape index (κ1) is 14.9. The molecule has 0 saturated heterocycles. The van der Waals surface area contributed by atoms with Gasteiger partial charge in [0.1, 0.15) is 6.34 Å². The third kappa shape index (κ3) is 2.59. The van der Waals surface area contributed by atoms with Crippen molar-refractivity contribution in [1.82, 2.24) is 14.9 Å². The third-order valence-corrected chi connectivity index (χ3v) is 4.08. The van der Waals surface area contributed by atoms with Crippen LogP contribution in [-0.4, -0.2) is 21.8 Å². The number of hydrazone groups is 1. The van der Waals surface area contributed by atoms with Crippen molar-refractivity contribution >= 4 is 34.1 Å². The average molecular weight is 329 g/mol. The van der Waals surface area contributed by atoms with E-state index in [4.69, 9.17) is 5.84 Å². The Kier molecular flexibility index (Phi) is 3.63. The highest BCUT2D eigenvalue weighted by atomic mass is 16.1. The molecule has 0 saturated carbocycles. The van der Waals surface area contributed by atoms with Crippen LogP contribution in [0.15, 0.2) is 72.1 Å². The number of hydrogen-bond donors (Lipinski definition) is 2. The van der Waals surface area contributed by atoms with Crippen LogP contribution in [0.25, 0.3) is 27.5 Å². The highest BCUT2D eigenvalue weighted by Gasteiger charge is 2.15. The number of para-hydroxylation sites is 2. The summed E-state index contributed by atoms with van der Waals surface area (Å²) in [6.45, 7) is 0. The first-order valence-corrected chi connectivity index (χ1v) is 7.76. The van der Waals surface area contributed by atoms with Crippen molar-refractivity contribution in [1.29, 1.82) is 0 Å². The summed E-state index contributed by atoms with van der Waals surface area (Å²) in [6.07, 6.45) is 4.78. The van der Waals surface area contributed by atoms with E-state index in [9.17, 15) is 4.79 Å². The first-order chi connectivity index (χ1) is 12.3. The maximum atomic E-state index is 12.4. The topological polar surface area (TPSA) is 85.3 Å². The Balaban J connectivity index is 1.90. The predicted molar refractivity (Wildman–Crippen MR) is 98.7 cm³/mol. The molecule has 0 aliphatic rings. The van der Waals surface area contributed by atoms with E-state index in [1.807, 2.05) is 53.1 Å². The minimum absolute atomic E-state index is 0.266. The summed E-state index contributed by atoms with van der Waals surface area (Å²) in [4.78, 5) is 16.9. The molecule has 4 rings (SSSR count). The summed E-state index contributed by atoms with van der Waals surface area (Å²) in [6, 6.07) is 17.7. The van der Waals surface area contributed by atoms with Crippen LogP contribution >= 0.6 is 0 Å². The van der Waals surface area contributed by atoms with E-state index in [-0.39, 0.29) is 5.91 Å². The number of carbonyl (C=O) groups excluding carboxylic acids is 1. The number of amides is 1. The molecule has 122 valence electrons. The van der Waals surface area contributed by atoms with Gasteiger partial charge in [0.2, 0.25) is 0 Å². The fraction of sp³-hybridized carbons (Fsp3) is 0. The summed E-state index contributed by atoms with van der Waals surface area (Å²) in [5.41, 5.74) is 3.29. The second kappa shape index (κ2) is 6.09. The minimum atomic E-state index is -0.266. The summed E-state index contributed by atoms with van der Waals surface area (Å²) in [7, 11) is 0. The number of pyridine rings is 1. The molecule has 4 aromatic rings. The summed E-state index contributed by atoms with van der Waals surface area (Å²) >= 11 is 0. The molecule has 0 aliphatic heterocycles. The Bertz CT molecular complexity index is 1110. The van der Waals surface area contributed by atoms with E-state index >= 15 is 0 Å². The molecule has 0 radical (unpaired) electrons. The highest BCUT2D eigenvalue weighted by Crippen LogP contribution is 2.26. The maximum absolute atomic E-state index is 12.4. The summed E-state index contributed by atoms with van der Waals surface area (Å²) in [5.74, 6) is 4.79. The number of nitrogens with two attached hydrogens (primary N) is 1. The van der Waals surface area contributed by atoms with Gasteiger partial charge in [0, 0.05) is 17.0 Å². The minimum Gasteiger partial charge on any atom is -0.322 e. The van der Waals surface area contributed by atoms with Gasteiger partial charge in [-0.3, -0.25) is 9.78 Å². The Hall–Kier alpha value is -3.67. The number of nitrogens with one attached hydrogen (secondary N) is 1. The molecule has 1 amide bonds. The van der Waals surface area contributed by atoms with Gasteiger partial charge < -0.3 is 15.7 Å². The van der Waals surface area contributed by atoms with Crippen LogP contribution in [0.2, 0.25) is 0 Å². The van der Waals surface area contributed by atoms with Crippen molar-refractivity contribution in [3.05, 3.63) is 72.6 Å². The number of nitrogens with zero attached hydrogens (tertiary/aromatic N) is 3. The van der Waals surface area contributed by atoms with Crippen LogP contribution < -0.4 is 11.2 Å². The van der Waals surface area contributed by atoms with Gasteiger partial charge in [-0.05, 0) is 18.2 Å². The van der Waals surface area contributed by atoms with Gasteiger partial charge in [-0.1, -0.05) is 36.4 Å². The lowest BCUT2D eigenvalue weighted by atomic mass is 10.1. The Morgan fingerprint density at radius 1 is 1.16 bits per heavy atom. The maximum Gasteiger partial charge on any atom is 0.258 e. The van der Waals surface area contributed by atoms with Gasteiger partial charge in [-0.25, -0.2) is 0 Å². The van der Waals surface area contributed by atoms with Crippen molar-refractivity contribution in [3.63, 3.8) is 0 Å². The van der Waals surface area contributed by atoms with E-state index in [1.165, 1.54) is 6.34 Å². The third-order valence-electron chi connectivity index (χ3n) is 4.08. The molecule has 6 nitrogen and oxygen atoms in total.